The Labute approximate surface area is 155 Å². The van der Waals surface area contributed by atoms with Crippen molar-refractivity contribution in [3.63, 3.8) is 0 Å². The van der Waals surface area contributed by atoms with Crippen LogP contribution < -0.4 is 9.47 Å². The number of nitrogens with zero attached hydrogens (tertiary/aromatic N) is 1. The van der Waals surface area contributed by atoms with Crippen molar-refractivity contribution in [2.24, 2.45) is 0 Å². The van der Waals surface area contributed by atoms with Crippen molar-refractivity contribution >= 4 is 10.0 Å². The quantitative estimate of drug-likeness (QED) is 0.797. The van der Waals surface area contributed by atoms with Crippen LogP contribution >= 0.6 is 0 Å². The van der Waals surface area contributed by atoms with Crippen molar-refractivity contribution in [2.45, 2.75) is 37.6 Å². The lowest BCUT2D eigenvalue weighted by Gasteiger charge is -2.26. The molecule has 1 fully saturated rings. The van der Waals surface area contributed by atoms with E-state index in [1.54, 1.807) is 24.6 Å². The van der Waals surface area contributed by atoms with Crippen LogP contribution in [0.2, 0.25) is 0 Å². The highest BCUT2D eigenvalue weighted by Gasteiger charge is 2.38. The van der Waals surface area contributed by atoms with Crippen LogP contribution in [0.5, 0.6) is 11.5 Å². The molecule has 26 heavy (non-hydrogen) atoms. The lowest BCUT2D eigenvalue weighted by molar-refractivity contribution is 0.361. The summed E-state index contributed by atoms with van der Waals surface area (Å²) in [6.07, 6.45) is 1.57. The SMILES string of the molecule is COc1ccc(OC)c([C@H]2CCCN2S(=O)(=O)c2ccc(C)cc2C)c1. The number of hydrogen-bond acceptors (Lipinski definition) is 4. The first kappa shape index (κ1) is 18.7. The van der Waals surface area contributed by atoms with E-state index in [0.717, 1.165) is 29.5 Å². The first-order valence-electron chi connectivity index (χ1n) is 8.69. The van der Waals surface area contributed by atoms with Gasteiger partial charge in [0, 0.05) is 12.1 Å². The summed E-state index contributed by atoms with van der Waals surface area (Å²) in [7, 11) is -0.389. The van der Waals surface area contributed by atoms with Crippen LogP contribution in [0.4, 0.5) is 0 Å². The summed E-state index contributed by atoms with van der Waals surface area (Å²) in [6, 6.07) is 10.7. The molecule has 2 aromatic carbocycles. The van der Waals surface area contributed by atoms with Crippen LogP contribution in [0.15, 0.2) is 41.3 Å². The van der Waals surface area contributed by atoms with Gasteiger partial charge in [-0.25, -0.2) is 8.42 Å². The zero-order chi connectivity index (χ0) is 18.9. The summed E-state index contributed by atoms with van der Waals surface area (Å²) < 4.78 is 39.1. The maximum atomic E-state index is 13.4. The molecule has 5 nitrogen and oxygen atoms in total. The molecule has 0 amide bonds. The number of ether oxygens (including phenoxy) is 2. The molecule has 0 unspecified atom stereocenters. The first-order chi connectivity index (χ1) is 12.4. The highest BCUT2D eigenvalue weighted by Crippen LogP contribution is 2.42. The number of rotatable bonds is 5. The molecule has 6 heteroatoms. The van der Waals surface area contributed by atoms with Gasteiger partial charge in [0.15, 0.2) is 0 Å². The van der Waals surface area contributed by atoms with Crippen molar-refractivity contribution in [3.05, 3.63) is 53.1 Å². The van der Waals surface area contributed by atoms with Gasteiger partial charge in [0.2, 0.25) is 10.0 Å². The predicted octanol–water partition coefficient (Wildman–Crippen LogP) is 3.85. The fourth-order valence-corrected chi connectivity index (χ4v) is 5.54. The van der Waals surface area contributed by atoms with Gasteiger partial charge < -0.3 is 9.47 Å². The van der Waals surface area contributed by atoms with Crippen LogP contribution in [-0.4, -0.2) is 33.5 Å². The van der Waals surface area contributed by atoms with Crippen LogP contribution in [-0.2, 0) is 10.0 Å². The van der Waals surface area contributed by atoms with Crippen LogP contribution in [0.1, 0.15) is 35.6 Å². The van der Waals surface area contributed by atoms with Gasteiger partial charge in [0.05, 0.1) is 25.2 Å². The van der Waals surface area contributed by atoms with Gasteiger partial charge in [-0.05, 0) is 56.5 Å². The molecule has 0 bridgehead atoms. The molecule has 0 aliphatic carbocycles. The first-order valence-corrected chi connectivity index (χ1v) is 10.1. The molecule has 1 atom stereocenters. The molecule has 0 aromatic heterocycles. The summed E-state index contributed by atoms with van der Waals surface area (Å²) in [6.45, 7) is 4.31. The molecule has 1 aliphatic rings. The van der Waals surface area contributed by atoms with E-state index in [-0.39, 0.29) is 6.04 Å². The summed E-state index contributed by atoms with van der Waals surface area (Å²) in [5, 5.41) is 0. The zero-order valence-corrected chi connectivity index (χ0v) is 16.5. The van der Waals surface area contributed by atoms with E-state index in [1.807, 2.05) is 44.2 Å². The minimum atomic E-state index is -3.59. The van der Waals surface area contributed by atoms with E-state index < -0.39 is 10.0 Å². The molecule has 1 heterocycles. The molecule has 1 aliphatic heterocycles. The van der Waals surface area contributed by atoms with E-state index in [1.165, 1.54) is 0 Å². The second-order valence-electron chi connectivity index (χ2n) is 6.65. The molecule has 0 radical (unpaired) electrons. The second kappa shape index (κ2) is 7.29. The molecule has 3 rings (SSSR count). The second-order valence-corrected chi connectivity index (χ2v) is 8.51. The maximum Gasteiger partial charge on any atom is 0.243 e. The Morgan fingerprint density at radius 1 is 1.04 bits per heavy atom. The third-order valence-corrected chi connectivity index (χ3v) is 6.99. The number of benzene rings is 2. The van der Waals surface area contributed by atoms with E-state index in [4.69, 9.17) is 9.47 Å². The van der Waals surface area contributed by atoms with Gasteiger partial charge in [0.25, 0.3) is 0 Å². The van der Waals surface area contributed by atoms with Crippen LogP contribution in [0, 0.1) is 13.8 Å². The predicted molar refractivity (Wildman–Crippen MR) is 101 cm³/mol. The lowest BCUT2D eigenvalue weighted by atomic mass is 10.0. The smallest absolute Gasteiger partial charge is 0.243 e. The normalized spacial score (nSPS) is 18.1. The molecular formula is C20H25NO4S. The Kier molecular flexibility index (Phi) is 5.25. The van der Waals surface area contributed by atoms with E-state index in [0.29, 0.717) is 22.9 Å². The molecule has 0 N–H and O–H groups in total. The molecule has 2 aromatic rings. The van der Waals surface area contributed by atoms with Crippen molar-refractivity contribution < 1.29 is 17.9 Å². The van der Waals surface area contributed by atoms with Crippen molar-refractivity contribution in [3.8, 4) is 11.5 Å². The minimum Gasteiger partial charge on any atom is -0.497 e. The Bertz CT molecular complexity index is 908. The minimum absolute atomic E-state index is 0.259. The van der Waals surface area contributed by atoms with Gasteiger partial charge in [-0.3, -0.25) is 0 Å². The third kappa shape index (κ3) is 3.31. The van der Waals surface area contributed by atoms with Gasteiger partial charge in [-0.1, -0.05) is 17.7 Å². The number of hydrogen-bond donors (Lipinski definition) is 0. The fourth-order valence-electron chi connectivity index (χ4n) is 3.65. The Morgan fingerprint density at radius 3 is 2.46 bits per heavy atom. The van der Waals surface area contributed by atoms with E-state index in [2.05, 4.69) is 0 Å². The number of sulfonamides is 1. The topological polar surface area (TPSA) is 55.8 Å². The highest BCUT2D eigenvalue weighted by atomic mass is 32.2. The third-order valence-electron chi connectivity index (χ3n) is 4.92. The molecule has 0 spiro atoms. The molecule has 0 saturated carbocycles. The van der Waals surface area contributed by atoms with Gasteiger partial charge in [0.1, 0.15) is 11.5 Å². The molecular weight excluding hydrogens is 350 g/mol. The number of aryl methyl sites for hydroxylation is 2. The summed E-state index contributed by atoms with van der Waals surface area (Å²) in [5.74, 6) is 1.37. The zero-order valence-electron chi connectivity index (χ0n) is 15.7. The molecule has 140 valence electrons. The fraction of sp³-hybridized carbons (Fsp3) is 0.400. The van der Waals surface area contributed by atoms with Gasteiger partial charge in [-0.15, -0.1) is 0 Å². The largest absolute Gasteiger partial charge is 0.497 e. The summed E-state index contributed by atoms with van der Waals surface area (Å²) >= 11 is 0. The summed E-state index contributed by atoms with van der Waals surface area (Å²) in [5.41, 5.74) is 2.67. The van der Waals surface area contributed by atoms with Crippen molar-refractivity contribution in [1.82, 2.24) is 4.31 Å². The van der Waals surface area contributed by atoms with E-state index >= 15 is 0 Å². The highest BCUT2D eigenvalue weighted by molar-refractivity contribution is 7.89. The maximum absolute atomic E-state index is 13.4. The van der Waals surface area contributed by atoms with Crippen LogP contribution in [0.3, 0.4) is 0 Å². The Hall–Kier alpha value is -2.05. The molecule has 1 saturated heterocycles. The average Bonchev–Trinajstić information content (AvgIpc) is 3.11. The lowest BCUT2D eigenvalue weighted by Crippen LogP contribution is -2.31. The van der Waals surface area contributed by atoms with Gasteiger partial charge >= 0.3 is 0 Å². The Morgan fingerprint density at radius 2 is 1.81 bits per heavy atom. The monoisotopic (exact) mass is 375 g/mol. The van der Waals surface area contributed by atoms with Crippen molar-refractivity contribution in [2.75, 3.05) is 20.8 Å². The van der Waals surface area contributed by atoms with Crippen LogP contribution in [0.25, 0.3) is 0 Å². The summed E-state index contributed by atoms with van der Waals surface area (Å²) in [4.78, 5) is 0.372. The van der Waals surface area contributed by atoms with E-state index in [9.17, 15) is 8.42 Å². The number of methoxy groups -OCH3 is 2. The van der Waals surface area contributed by atoms with Crippen molar-refractivity contribution in [1.29, 1.82) is 0 Å². The average molecular weight is 375 g/mol. The Balaban J connectivity index is 2.06. The van der Waals surface area contributed by atoms with Gasteiger partial charge in [-0.2, -0.15) is 4.31 Å². The standard InChI is InChI=1S/C20H25NO4S/c1-14-7-10-20(15(2)12-14)26(22,23)21-11-5-6-18(21)17-13-16(24-3)8-9-19(17)25-4/h7-10,12-13,18H,5-6,11H2,1-4H3/t18-/m1/s1.